The van der Waals surface area contributed by atoms with Gasteiger partial charge in [0.1, 0.15) is 0 Å². The third-order valence-electron chi connectivity index (χ3n) is 10.8. The minimum atomic E-state index is -1.94. The Hall–Kier alpha value is -5.26. The van der Waals surface area contributed by atoms with Crippen LogP contribution in [-0.2, 0) is 19.2 Å². The number of anilines is 2. The Labute approximate surface area is 270 Å². The molecule has 4 aliphatic carbocycles. The molecule has 12 heteroatoms. The van der Waals surface area contributed by atoms with Crippen LogP contribution in [-0.4, -0.2) is 23.6 Å². The van der Waals surface area contributed by atoms with Gasteiger partial charge >= 0.3 is 0 Å². The second-order valence-electron chi connectivity index (χ2n) is 13.1. The number of benzene rings is 3. The molecule has 9 rings (SSSR count). The van der Waals surface area contributed by atoms with Crippen molar-refractivity contribution in [1.82, 2.24) is 0 Å². The highest BCUT2D eigenvalue weighted by atomic mass is 19.2. The molecule has 4 amide bonds. The van der Waals surface area contributed by atoms with E-state index in [2.05, 4.69) is 0 Å². The van der Waals surface area contributed by atoms with E-state index in [0.29, 0.717) is 12.8 Å². The first-order valence-corrected chi connectivity index (χ1v) is 15.7. The molecule has 8 nitrogen and oxygen atoms in total. The number of carbonyl (C=O) groups is 4. The van der Waals surface area contributed by atoms with Crippen LogP contribution in [0.15, 0.2) is 72.8 Å². The van der Waals surface area contributed by atoms with Crippen molar-refractivity contribution in [2.75, 3.05) is 9.80 Å². The second kappa shape index (κ2) is 10.1. The number of hydrogen-bond donors (Lipinski definition) is 0. The Morgan fingerprint density at radius 3 is 1.08 bits per heavy atom. The number of allylic oxidation sites excluding steroid dienone is 4. The van der Waals surface area contributed by atoms with E-state index in [9.17, 15) is 19.2 Å². The van der Waals surface area contributed by atoms with Gasteiger partial charge < -0.3 is 9.47 Å². The molecular weight excluding hydrogens is 632 g/mol. The van der Waals surface area contributed by atoms with Crippen molar-refractivity contribution in [3.05, 3.63) is 96.1 Å². The molecule has 0 aromatic heterocycles. The maximum atomic E-state index is 15.6. The van der Waals surface area contributed by atoms with E-state index in [-0.39, 0.29) is 46.5 Å². The number of halogens is 4. The summed E-state index contributed by atoms with van der Waals surface area (Å²) in [5, 5.41) is 0. The molecule has 0 N–H and O–H groups in total. The van der Waals surface area contributed by atoms with E-state index < -0.39 is 82.1 Å². The predicted molar refractivity (Wildman–Crippen MR) is 160 cm³/mol. The van der Waals surface area contributed by atoms with Crippen molar-refractivity contribution in [2.45, 2.75) is 12.8 Å². The minimum absolute atomic E-state index is 0.0984. The first-order chi connectivity index (χ1) is 23.2. The van der Waals surface area contributed by atoms with Crippen LogP contribution in [0.2, 0.25) is 0 Å². The quantitative estimate of drug-likeness (QED) is 0.131. The van der Waals surface area contributed by atoms with Crippen molar-refractivity contribution in [2.24, 2.45) is 47.3 Å². The fourth-order valence-corrected chi connectivity index (χ4v) is 8.73. The lowest BCUT2D eigenvalue weighted by atomic mass is 9.85. The zero-order valence-electron chi connectivity index (χ0n) is 24.8. The van der Waals surface area contributed by atoms with Gasteiger partial charge in [-0.15, -0.1) is 0 Å². The van der Waals surface area contributed by atoms with E-state index in [1.54, 1.807) is 0 Å². The summed E-state index contributed by atoms with van der Waals surface area (Å²) in [6.45, 7) is 0. The molecule has 3 aromatic carbocycles. The van der Waals surface area contributed by atoms with Crippen LogP contribution in [0.25, 0.3) is 0 Å². The summed E-state index contributed by atoms with van der Waals surface area (Å²) in [6.07, 6.45) is 9.03. The summed E-state index contributed by atoms with van der Waals surface area (Å²) in [5.74, 6) is -16.1. The number of rotatable bonds is 6. The fraction of sp³-hybridized carbons (Fsp3) is 0.278. The SMILES string of the molecule is O=C1[C@@H]2[C@@H](C(=O)N1c1ccccc1Oc1c(F)c(F)c(Oc3ccccc3N3C(=O)[C@@H]4[C@H](C3=O)[C@@H]3C=C[C@H]4C3)c(F)c1F)[C@H]1C=C[C@@H]2C1. The van der Waals surface area contributed by atoms with Gasteiger partial charge in [-0.05, 0) is 60.8 Å². The number of imide groups is 2. The molecule has 2 saturated heterocycles. The number of para-hydroxylation sites is 4. The van der Waals surface area contributed by atoms with Crippen molar-refractivity contribution in [3.8, 4) is 23.0 Å². The third-order valence-corrected chi connectivity index (χ3v) is 10.8. The Bertz CT molecular complexity index is 1830. The Morgan fingerprint density at radius 1 is 0.479 bits per heavy atom. The number of fused-ring (bicyclic) bond motifs is 10. The van der Waals surface area contributed by atoms with Crippen LogP contribution in [0.3, 0.4) is 0 Å². The molecular formula is C36H24F4N2O6. The molecule has 2 saturated carbocycles. The minimum Gasteiger partial charge on any atom is -0.449 e. The summed E-state index contributed by atoms with van der Waals surface area (Å²) < 4.78 is 73.0. The Kier molecular flexibility index (Phi) is 6.10. The van der Waals surface area contributed by atoms with Crippen LogP contribution in [0, 0.1) is 70.6 Å². The smallest absolute Gasteiger partial charge is 0.238 e. The number of nitrogens with zero attached hydrogens (tertiary/aromatic N) is 2. The Balaban J connectivity index is 1.03. The fourth-order valence-electron chi connectivity index (χ4n) is 8.73. The van der Waals surface area contributed by atoms with Crippen molar-refractivity contribution in [1.29, 1.82) is 0 Å². The van der Waals surface area contributed by atoms with Crippen molar-refractivity contribution >= 4 is 35.0 Å². The van der Waals surface area contributed by atoms with Gasteiger partial charge in [0.05, 0.1) is 35.0 Å². The highest BCUT2D eigenvalue weighted by Gasteiger charge is 2.61. The van der Waals surface area contributed by atoms with Crippen LogP contribution in [0.1, 0.15) is 12.8 Å². The van der Waals surface area contributed by atoms with E-state index >= 15 is 17.6 Å². The summed E-state index contributed by atoms with van der Waals surface area (Å²) in [4.78, 5) is 55.4. The first kappa shape index (κ1) is 28.9. The summed E-state index contributed by atoms with van der Waals surface area (Å²) in [5.41, 5.74) is -0.243. The van der Waals surface area contributed by atoms with Gasteiger partial charge in [0.2, 0.25) is 58.4 Å². The zero-order valence-corrected chi connectivity index (χ0v) is 24.8. The van der Waals surface area contributed by atoms with E-state index in [1.165, 1.54) is 48.5 Å². The lowest BCUT2D eigenvalue weighted by Gasteiger charge is -2.22. The monoisotopic (exact) mass is 656 g/mol. The first-order valence-electron chi connectivity index (χ1n) is 15.7. The average Bonchev–Trinajstić information content (AvgIpc) is 3.94. The summed E-state index contributed by atoms with van der Waals surface area (Å²) in [7, 11) is 0. The summed E-state index contributed by atoms with van der Waals surface area (Å²) in [6, 6.07) is 10.9. The normalized spacial score (nSPS) is 30.7. The summed E-state index contributed by atoms with van der Waals surface area (Å²) >= 11 is 0. The molecule has 0 unspecified atom stereocenters. The lowest BCUT2D eigenvalue weighted by Crippen LogP contribution is -2.33. The molecule has 3 aromatic rings. The van der Waals surface area contributed by atoms with Gasteiger partial charge in [-0.1, -0.05) is 48.6 Å². The Morgan fingerprint density at radius 2 is 0.771 bits per heavy atom. The molecule has 4 fully saturated rings. The molecule has 0 spiro atoms. The van der Waals surface area contributed by atoms with Gasteiger partial charge in [-0.2, -0.15) is 17.6 Å². The second-order valence-corrected chi connectivity index (χ2v) is 13.1. The predicted octanol–water partition coefficient (Wildman–Crippen LogP) is 6.45. The number of amides is 4. The van der Waals surface area contributed by atoms with Crippen molar-refractivity contribution < 1.29 is 46.2 Å². The highest BCUT2D eigenvalue weighted by Crippen LogP contribution is 2.56. The van der Waals surface area contributed by atoms with Crippen LogP contribution >= 0.6 is 0 Å². The maximum absolute atomic E-state index is 15.6. The van der Waals surface area contributed by atoms with Crippen LogP contribution in [0.5, 0.6) is 23.0 Å². The van der Waals surface area contributed by atoms with Crippen LogP contribution < -0.4 is 19.3 Å². The number of ether oxygens (including phenoxy) is 2. The van der Waals surface area contributed by atoms with Crippen molar-refractivity contribution in [3.63, 3.8) is 0 Å². The van der Waals surface area contributed by atoms with E-state index in [1.807, 2.05) is 24.3 Å². The lowest BCUT2D eigenvalue weighted by molar-refractivity contribution is -0.124. The molecule has 2 aliphatic heterocycles. The van der Waals surface area contributed by atoms with Crippen LogP contribution in [0.4, 0.5) is 28.9 Å². The highest BCUT2D eigenvalue weighted by molar-refractivity contribution is 6.24. The zero-order chi connectivity index (χ0) is 33.2. The third kappa shape index (κ3) is 3.76. The molecule has 2 heterocycles. The van der Waals surface area contributed by atoms with E-state index in [0.717, 1.165) is 9.80 Å². The molecule has 4 bridgehead atoms. The van der Waals surface area contributed by atoms with Gasteiger partial charge in [0.15, 0.2) is 11.5 Å². The van der Waals surface area contributed by atoms with Gasteiger partial charge in [0, 0.05) is 0 Å². The molecule has 0 radical (unpaired) electrons. The van der Waals surface area contributed by atoms with Gasteiger partial charge in [-0.3, -0.25) is 19.2 Å². The van der Waals surface area contributed by atoms with Gasteiger partial charge in [-0.25, -0.2) is 9.80 Å². The van der Waals surface area contributed by atoms with E-state index in [4.69, 9.17) is 9.47 Å². The molecule has 48 heavy (non-hydrogen) atoms. The molecule has 242 valence electrons. The molecule has 6 aliphatic rings. The number of hydrogen-bond acceptors (Lipinski definition) is 6. The number of carbonyl (C=O) groups excluding carboxylic acids is 4. The molecule has 8 atom stereocenters. The topological polar surface area (TPSA) is 93.2 Å². The largest absolute Gasteiger partial charge is 0.449 e. The van der Waals surface area contributed by atoms with Gasteiger partial charge in [0.25, 0.3) is 0 Å². The standard InChI is InChI=1S/C36H24F4N2O6/c37-27-29(39)32(48-22-8-4-2-6-20(22)42-35(45)25-17-11-12-18(14-17)26(25)36(42)46)30(40)28(38)31(27)47-21-7-3-1-5-19(21)41-33(43)23-15-9-10-16(13-15)24(23)34(41)44/h1-12,15-18,23-26H,13-14H2/t15-,16+,17-,18+,23-,24-,25-,26+/m0/s1. The maximum Gasteiger partial charge on any atom is 0.238 e. The average molecular weight is 657 g/mol.